The van der Waals surface area contributed by atoms with Gasteiger partial charge < -0.3 is 5.32 Å². The maximum atomic E-state index is 12.9. The van der Waals surface area contributed by atoms with Crippen molar-refractivity contribution < 1.29 is 4.39 Å². The maximum absolute atomic E-state index is 12.9. The highest BCUT2D eigenvalue weighted by atomic mass is 35.5. The molecular formula is C13H12ClFN2. The maximum Gasteiger partial charge on any atom is 0.126 e. The average molecular weight is 251 g/mol. The fourth-order valence-electron chi connectivity index (χ4n) is 1.56. The molecule has 2 aromatic rings. The van der Waals surface area contributed by atoms with E-state index in [0.29, 0.717) is 5.02 Å². The first-order valence-electron chi connectivity index (χ1n) is 5.37. The predicted octanol–water partition coefficient (Wildman–Crippen LogP) is 3.97. The first-order valence-corrected chi connectivity index (χ1v) is 5.75. The van der Waals surface area contributed by atoms with E-state index in [1.54, 1.807) is 6.07 Å². The van der Waals surface area contributed by atoms with Gasteiger partial charge in [-0.1, -0.05) is 17.7 Å². The Morgan fingerprint density at radius 1 is 1.29 bits per heavy atom. The molecule has 0 bridgehead atoms. The van der Waals surface area contributed by atoms with E-state index in [0.717, 1.165) is 23.6 Å². The van der Waals surface area contributed by atoms with Crippen molar-refractivity contribution in [2.24, 2.45) is 0 Å². The molecule has 17 heavy (non-hydrogen) atoms. The van der Waals surface area contributed by atoms with Gasteiger partial charge in [0.15, 0.2) is 0 Å². The molecule has 0 fully saturated rings. The third-order valence-corrected chi connectivity index (χ3v) is 2.63. The quantitative estimate of drug-likeness (QED) is 0.892. The number of hydrogen-bond donors (Lipinski definition) is 1. The van der Waals surface area contributed by atoms with Crippen molar-refractivity contribution in [3.8, 4) is 11.3 Å². The van der Waals surface area contributed by atoms with Crippen molar-refractivity contribution in [3.63, 3.8) is 0 Å². The summed E-state index contributed by atoms with van der Waals surface area (Å²) >= 11 is 5.99. The molecule has 0 aliphatic rings. The molecule has 2 rings (SSSR count). The largest absolute Gasteiger partial charge is 0.370 e. The Bertz CT molecular complexity index is 529. The summed E-state index contributed by atoms with van der Waals surface area (Å²) in [6.45, 7) is 2.80. The highest BCUT2D eigenvalue weighted by Crippen LogP contribution is 2.27. The summed E-state index contributed by atoms with van der Waals surface area (Å²) < 4.78 is 12.9. The van der Waals surface area contributed by atoms with Crippen LogP contribution >= 0.6 is 11.6 Å². The second kappa shape index (κ2) is 5.15. The summed E-state index contributed by atoms with van der Waals surface area (Å²) in [6.07, 6.45) is 0. The molecule has 1 heterocycles. The number of pyridine rings is 1. The molecule has 0 aliphatic carbocycles. The van der Waals surface area contributed by atoms with Crippen LogP contribution in [-0.2, 0) is 0 Å². The van der Waals surface area contributed by atoms with Crippen molar-refractivity contribution in [1.82, 2.24) is 4.98 Å². The summed E-state index contributed by atoms with van der Waals surface area (Å²) in [7, 11) is 0. The number of nitrogens with zero attached hydrogens (tertiary/aromatic N) is 1. The monoisotopic (exact) mass is 250 g/mol. The molecule has 0 aliphatic heterocycles. The van der Waals surface area contributed by atoms with Crippen LogP contribution in [0.2, 0.25) is 5.02 Å². The lowest BCUT2D eigenvalue weighted by Crippen LogP contribution is -1.99. The highest BCUT2D eigenvalue weighted by molar-refractivity contribution is 6.33. The normalized spacial score (nSPS) is 10.3. The van der Waals surface area contributed by atoms with Crippen molar-refractivity contribution in [3.05, 3.63) is 47.2 Å². The van der Waals surface area contributed by atoms with Crippen LogP contribution in [0.1, 0.15) is 6.92 Å². The minimum Gasteiger partial charge on any atom is -0.370 e. The lowest BCUT2D eigenvalue weighted by molar-refractivity contribution is 0.628. The molecule has 0 unspecified atom stereocenters. The number of aromatic nitrogens is 1. The SMILES string of the molecule is CCNc1cccc(-c2ccc(F)cc2Cl)n1. The Balaban J connectivity index is 2.42. The molecule has 2 nitrogen and oxygen atoms in total. The van der Waals surface area contributed by atoms with Crippen molar-refractivity contribution in [2.75, 3.05) is 11.9 Å². The van der Waals surface area contributed by atoms with Gasteiger partial charge in [0, 0.05) is 12.1 Å². The molecule has 0 amide bonds. The fourth-order valence-corrected chi connectivity index (χ4v) is 1.83. The van der Waals surface area contributed by atoms with Gasteiger partial charge >= 0.3 is 0 Å². The summed E-state index contributed by atoms with van der Waals surface area (Å²) in [5.74, 6) is 0.437. The Kier molecular flexibility index (Phi) is 3.59. The second-order valence-corrected chi connectivity index (χ2v) is 3.97. The first kappa shape index (κ1) is 11.9. The lowest BCUT2D eigenvalue weighted by Gasteiger charge is -2.07. The molecule has 1 aromatic heterocycles. The number of hydrogen-bond acceptors (Lipinski definition) is 2. The van der Waals surface area contributed by atoms with E-state index in [4.69, 9.17) is 11.6 Å². The zero-order valence-electron chi connectivity index (χ0n) is 9.37. The predicted molar refractivity (Wildman–Crippen MR) is 68.8 cm³/mol. The van der Waals surface area contributed by atoms with Crippen molar-refractivity contribution >= 4 is 17.4 Å². The van der Waals surface area contributed by atoms with Crippen LogP contribution in [0, 0.1) is 5.82 Å². The van der Waals surface area contributed by atoms with E-state index in [9.17, 15) is 4.39 Å². The molecule has 0 saturated carbocycles. The Morgan fingerprint density at radius 3 is 2.82 bits per heavy atom. The molecule has 0 saturated heterocycles. The van der Waals surface area contributed by atoms with Gasteiger partial charge in [0.2, 0.25) is 0 Å². The molecule has 4 heteroatoms. The van der Waals surface area contributed by atoms with Gasteiger partial charge in [-0.15, -0.1) is 0 Å². The average Bonchev–Trinajstić information content (AvgIpc) is 2.29. The van der Waals surface area contributed by atoms with Gasteiger partial charge in [0.25, 0.3) is 0 Å². The molecule has 0 spiro atoms. The first-order chi connectivity index (χ1) is 8.20. The van der Waals surface area contributed by atoms with E-state index in [1.807, 2.05) is 25.1 Å². The van der Waals surface area contributed by atoms with Crippen molar-refractivity contribution in [1.29, 1.82) is 0 Å². The topological polar surface area (TPSA) is 24.9 Å². The Hall–Kier alpha value is -1.61. The van der Waals surface area contributed by atoms with Crippen LogP contribution in [0.25, 0.3) is 11.3 Å². The van der Waals surface area contributed by atoms with Gasteiger partial charge in [-0.05, 0) is 37.3 Å². The van der Waals surface area contributed by atoms with Crippen LogP contribution in [-0.4, -0.2) is 11.5 Å². The molecule has 0 atom stereocenters. The van der Waals surface area contributed by atoms with Crippen LogP contribution in [0.15, 0.2) is 36.4 Å². The highest BCUT2D eigenvalue weighted by Gasteiger charge is 2.06. The summed E-state index contributed by atoms with van der Waals surface area (Å²) in [6, 6.07) is 9.92. The van der Waals surface area contributed by atoms with E-state index in [-0.39, 0.29) is 5.82 Å². The van der Waals surface area contributed by atoms with Crippen LogP contribution in [0.4, 0.5) is 10.2 Å². The van der Waals surface area contributed by atoms with Gasteiger partial charge in [0.05, 0.1) is 10.7 Å². The molecule has 1 aromatic carbocycles. The van der Waals surface area contributed by atoms with Gasteiger partial charge in [-0.3, -0.25) is 0 Å². The molecule has 1 N–H and O–H groups in total. The van der Waals surface area contributed by atoms with Gasteiger partial charge in [0.1, 0.15) is 11.6 Å². The summed E-state index contributed by atoms with van der Waals surface area (Å²) in [4.78, 5) is 4.41. The van der Waals surface area contributed by atoms with Crippen LogP contribution < -0.4 is 5.32 Å². The third kappa shape index (κ3) is 2.74. The van der Waals surface area contributed by atoms with Crippen molar-refractivity contribution in [2.45, 2.75) is 6.92 Å². The fraction of sp³-hybridized carbons (Fsp3) is 0.154. The van der Waals surface area contributed by atoms with Crippen LogP contribution in [0.3, 0.4) is 0 Å². The lowest BCUT2D eigenvalue weighted by atomic mass is 10.1. The van der Waals surface area contributed by atoms with E-state index in [1.165, 1.54) is 12.1 Å². The number of anilines is 1. The summed E-state index contributed by atoms with van der Waals surface area (Å²) in [5, 5.41) is 3.49. The van der Waals surface area contributed by atoms with E-state index < -0.39 is 0 Å². The molecule has 88 valence electrons. The summed E-state index contributed by atoms with van der Waals surface area (Å²) in [5.41, 5.74) is 1.46. The third-order valence-electron chi connectivity index (χ3n) is 2.31. The number of benzene rings is 1. The Morgan fingerprint density at radius 2 is 2.12 bits per heavy atom. The van der Waals surface area contributed by atoms with Gasteiger partial charge in [-0.2, -0.15) is 0 Å². The zero-order valence-corrected chi connectivity index (χ0v) is 10.1. The smallest absolute Gasteiger partial charge is 0.126 e. The standard InChI is InChI=1S/C13H12ClFN2/c1-2-16-13-5-3-4-12(17-13)10-7-6-9(15)8-11(10)14/h3-8H,2H2,1H3,(H,16,17). The minimum absolute atomic E-state index is 0.346. The molecule has 0 radical (unpaired) electrons. The number of nitrogens with one attached hydrogen (secondary N) is 1. The van der Waals surface area contributed by atoms with Gasteiger partial charge in [-0.25, -0.2) is 9.37 Å². The molecular weight excluding hydrogens is 239 g/mol. The number of halogens is 2. The minimum atomic E-state index is -0.346. The van der Waals surface area contributed by atoms with E-state index >= 15 is 0 Å². The second-order valence-electron chi connectivity index (χ2n) is 3.56. The Labute approximate surface area is 104 Å². The number of rotatable bonds is 3. The van der Waals surface area contributed by atoms with Crippen LogP contribution in [0.5, 0.6) is 0 Å². The van der Waals surface area contributed by atoms with E-state index in [2.05, 4.69) is 10.3 Å². The zero-order chi connectivity index (χ0) is 12.3.